The van der Waals surface area contributed by atoms with Gasteiger partial charge in [0, 0.05) is 5.56 Å². The number of nitrogens with zero attached hydrogens (tertiary/aromatic N) is 1. The second-order valence-corrected chi connectivity index (χ2v) is 6.20. The van der Waals surface area contributed by atoms with E-state index in [1.165, 1.54) is 0 Å². The maximum absolute atomic E-state index is 12.1. The third-order valence-electron chi connectivity index (χ3n) is 3.87. The highest BCUT2D eigenvalue weighted by atomic mass is 16.6. The van der Waals surface area contributed by atoms with Gasteiger partial charge in [-0.1, -0.05) is 38.1 Å². The number of ether oxygens (including phenoxy) is 2. The molecule has 0 heterocycles. The van der Waals surface area contributed by atoms with Gasteiger partial charge in [-0.3, -0.25) is 4.79 Å². The van der Waals surface area contributed by atoms with Crippen molar-refractivity contribution < 1.29 is 19.1 Å². The third-order valence-corrected chi connectivity index (χ3v) is 3.87. The molecule has 0 unspecified atom stereocenters. The zero-order valence-corrected chi connectivity index (χ0v) is 15.1. The van der Waals surface area contributed by atoms with Crippen LogP contribution in [0, 0.1) is 11.3 Å². The molecule has 0 aliphatic heterocycles. The van der Waals surface area contributed by atoms with Gasteiger partial charge in [-0.25, -0.2) is 4.79 Å². The molecular weight excluding hydrogens is 330 g/mol. The van der Waals surface area contributed by atoms with Crippen LogP contribution in [-0.2, 0) is 9.53 Å². The maximum Gasteiger partial charge on any atom is 0.347 e. The molecule has 0 aliphatic rings. The zero-order chi connectivity index (χ0) is 19.1. The van der Waals surface area contributed by atoms with E-state index in [1.807, 2.05) is 18.2 Å². The Morgan fingerprint density at radius 2 is 1.62 bits per heavy atom. The van der Waals surface area contributed by atoms with Crippen LogP contribution in [0.15, 0.2) is 48.5 Å². The molecule has 1 atom stereocenters. The summed E-state index contributed by atoms with van der Waals surface area (Å²) in [5.74, 6) is -0.0537. The fraction of sp³-hybridized carbons (Fsp3) is 0.286. The Hall–Kier alpha value is -3.13. The van der Waals surface area contributed by atoms with Gasteiger partial charge in [0.05, 0.1) is 11.6 Å². The summed E-state index contributed by atoms with van der Waals surface area (Å²) >= 11 is 0. The van der Waals surface area contributed by atoms with E-state index < -0.39 is 12.1 Å². The van der Waals surface area contributed by atoms with Crippen LogP contribution in [-0.4, -0.2) is 24.5 Å². The monoisotopic (exact) mass is 351 g/mol. The zero-order valence-electron chi connectivity index (χ0n) is 15.1. The van der Waals surface area contributed by atoms with Gasteiger partial charge >= 0.3 is 5.97 Å². The first kappa shape index (κ1) is 19.2. The van der Waals surface area contributed by atoms with Crippen molar-refractivity contribution in [1.29, 1.82) is 5.26 Å². The molecule has 2 rings (SSSR count). The number of Topliss-reactive ketones (excluding diaryl/α,β-unsaturated/α-hetero) is 1. The van der Waals surface area contributed by atoms with E-state index >= 15 is 0 Å². The Balaban J connectivity index is 1.86. The Bertz CT molecular complexity index is 801. The van der Waals surface area contributed by atoms with Crippen LogP contribution in [0.3, 0.4) is 0 Å². The molecule has 0 radical (unpaired) electrons. The summed E-state index contributed by atoms with van der Waals surface area (Å²) in [5.41, 5.74) is 2.15. The smallest absolute Gasteiger partial charge is 0.347 e. The van der Waals surface area contributed by atoms with E-state index in [2.05, 4.69) is 13.8 Å². The summed E-state index contributed by atoms with van der Waals surface area (Å²) in [7, 11) is 0. The predicted octanol–water partition coefficient (Wildman–Crippen LogP) is 3.88. The molecule has 2 aromatic carbocycles. The minimum Gasteiger partial charge on any atom is -0.479 e. The second kappa shape index (κ2) is 8.82. The minimum absolute atomic E-state index is 0.265. The first-order chi connectivity index (χ1) is 12.4. The van der Waals surface area contributed by atoms with Crippen molar-refractivity contribution in [3.8, 4) is 11.8 Å². The minimum atomic E-state index is -0.862. The molecule has 0 spiro atoms. The molecule has 0 amide bonds. The lowest BCUT2D eigenvalue weighted by molar-refractivity contribution is -0.149. The number of ketones is 1. The van der Waals surface area contributed by atoms with Crippen molar-refractivity contribution in [2.45, 2.75) is 32.8 Å². The highest BCUT2D eigenvalue weighted by molar-refractivity contribution is 5.98. The Kier molecular flexibility index (Phi) is 6.51. The van der Waals surface area contributed by atoms with Gasteiger partial charge in [-0.05, 0) is 42.7 Å². The molecular formula is C21H21NO4. The molecule has 5 heteroatoms. The second-order valence-electron chi connectivity index (χ2n) is 6.20. The average molecular weight is 351 g/mol. The molecule has 0 aliphatic carbocycles. The summed E-state index contributed by atoms with van der Waals surface area (Å²) < 4.78 is 10.5. The molecule has 134 valence electrons. The summed E-state index contributed by atoms with van der Waals surface area (Å²) in [6.45, 7) is 5.37. The lowest BCUT2D eigenvalue weighted by atomic mass is 10.0. The van der Waals surface area contributed by atoms with Crippen molar-refractivity contribution in [2.24, 2.45) is 0 Å². The Morgan fingerprint density at radius 3 is 2.15 bits per heavy atom. The number of hydrogen-bond donors (Lipinski definition) is 0. The van der Waals surface area contributed by atoms with Crippen LogP contribution in [0.25, 0.3) is 0 Å². The SMILES string of the molecule is CC(C)c1ccc(C(=O)COC(=O)[C@H](C)Oc2ccc(C#N)cc2)cc1. The highest BCUT2D eigenvalue weighted by Crippen LogP contribution is 2.16. The topological polar surface area (TPSA) is 76.4 Å². The van der Waals surface area contributed by atoms with Crippen LogP contribution in [0.1, 0.15) is 48.2 Å². The molecule has 0 aromatic heterocycles. The van der Waals surface area contributed by atoms with Crippen molar-refractivity contribution in [1.82, 2.24) is 0 Å². The van der Waals surface area contributed by atoms with Crippen LogP contribution in [0.2, 0.25) is 0 Å². The number of hydrogen-bond acceptors (Lipinski definition) is 5. The molecule has 0 N–H and O–H groups in total. The lowest BCUT2D eigenvalue weighted by Crippen LogP contribution is -2.28. The molecule has 0 fully saturated rings. The van der Waals surface area contributed by atoms with Gasteiger partial charge in [0.15, 0.2) is 18.5 Å². The largest absolute Gasteiger partial charge is 0.479 e. The van der Waals surface area contributed by atoms with Crippen molar-refractivity contribution in [3.63, 3.8) is 0 Å². The van der Waals surface area contributed by atoms with Crippen LogP contribution in [0.5, 0.6) is 5.75 Å². The lowest BCUT2D eigenvalue weighted by Gasteiger charge is -2.14. The van der Waals surface area contributed by atoms with E-state index in [4.69, 9.17) is 14.7 Å². The van der Waals surface area contributed by atoms with Crippen LogP contribution < -0.4 is 4.74 Å². The third kappa shape index (κ3) is 5.18. The number of rotatable bonds is 7. The number of esters is 1. The maximum atomic E-state index is 12.1. The van der Waals surface area contributed by atoms with Crippen LogP contribution in [0.4, 0.5) is 0 Å². The standard InChI is InChI=1S/C21H21NO4/c1-14(2)17-6-8-18(9-7-17)20(23)13-25-21(24)15(3)26-19-10-4-16(12-22)5-11-19/h4-11,14-15H,13H2,1-3H3/t15-/m0/s1. The number of carbonyl (C=O) groups is 2. The van der Waals surface area contributed by atoms with E-state index in [-0.39, 0.29) is 12.4 Å². The molecule has 0 bridgehead atoms. The number of carbonyl (C=O) groups excluding carboxylic acids is 2. The summed E-state index contributed by atoms with van der Waals surface area (Å²) in [4.78, 5) is 24.1. The molecule has 2 aromatic rings. The van der Waals surface area contributed by atoms with E-state index in [1.54, 1.807) is 43.3 Å². The van der Waals surface area contributed by atoms with Gasteiger partial charge in [-0.2, -0.15) is 5.26 Å². The van der Waals surface area contributed by atoms with Crippen molar-refractivity contribution in [2.75, 3.05) is 6.61 Å². The van der Waals surface area contributed by atoms with Gasteiger partial charge in [0.1, 0.15) is 5.75 Å². The molecule has 5 nitrogen and oxygen atoms in total. The molecule has 0 saturated carbocycles. The first-order valence-corrected chi connectivity index (χ1v) is 8.37. The Labute approximate surface area is 153 Å². The Morgan fingerprint density at radius 1 is 1.00 bits per heavy atom. The summed E-state index contributed by atoms with van der Waals surface area (Å²) in [5, 5.41) is 8.76. The first-order valence-electron chi connectivity index (χ1n) is 8.37. The van der Waals surface area contributed by atoms with Gasteiger partial charge < -0.3 is 9.47 Å². The fourth-order valence-electron chi connectivity index (χ4n) is 2.25. The summed E-state index contributed by atoms with van der Waals surface area (Å²) in [6.07, 6.45) is -0.862. The van der Waals surface area contributed by atoms with E-state index in [9.17, 15) is 9.59 Å². The van der Waals surface area contributed by atoms with E-state index in [0.717, 1.165) is 5.56 Å². The fourth-order valence-corrected chi connectivity index (χ4v) is 2.25. The normalized spacial score (nSPS) is 11.5. The molecule has 26 heavy (non-hydrogen) atoms. The number of benzene rings is 2. The quantitative estimate of drug-likeness (QED) is 0.559. The van der Waals surface area contributed by atoms with Gasteiger partial charge in [0.25, 0.3) is 0 Å². The van der Waals surface area contributed by atoms with Crippen molar-refractivity contribution >= 4 is 11.8 Å². The summed E-state index contributed by atoms with van der Waals surface area (Å²) in [6, 6.07) is 15.7. The van der Waals surface area contributed by atoms with Crippen LogP contribution >= 0.6 is 0 Å². The van der Waals surface area contributed by atoms with Crippen molar-refractivity contribution in [3.05, 3.63) is 65.2 Å². The van der Waals surface area contributed by atoms with E-state index in [0.29, 0.717) is 22.8 Å². The predicted molar refractivity (Wildman–Crippen MR) is 97.1 cm³/mol. The highest BCUT2D eigenvalue weighted by Gasteiger charge is 2.18. The molecule has 0 saturated heterocycles. The average Bonchev–Trinajstić information content (AvgIpc) is 2.66. The number of nitriles is 1. The van der Waals surface area contributed by atoms with Gasteiger partial charge in [0.2, 0.25) is 0 Å². The van der Waals surface area contributed by atoms with Gasteiger partial charge in [-0.15, -0.1) is 0 Å².